The van der Waals surface area contributed by atoms with Crippen molar-refractivity contribution in [3.8, 4) is 11.1 Å². The van der Waals surface area contributed by atoms with Gasteiger partial charge in [0.25, 0.3) is 0 Å². The van der Waals surface area contributed by atoms with E-state index < -0.39 is 0 Å². The molecule has 1 aromatic heterocycles. The lowest BCUT2D eigenvalue weighted by atomic mass is 10.0. The van der Waals surface area contributed by atoms with Gasteiger partial charge in [-0.15, -0.1) is 0 Å². The molecule has 0 aliphatic rings. The van der Waals surface area contributed by atoms with Crippen LogP contribution < -0.4 is 5.32 Å². The van der Waals surface area contributed by atoms with E-state index in [0.717, 1.165) is 33.7 Å². The average Bonchev–Trinajstić information content (AvgIpc) is 2.44. The Labute approximate surface area is 125 Å². The van der Waals surface area contributed by atoms with Gasteiger partial charge in [-0.05, 0) is 43.2 Å². The summed E-state index contributed by atoms with van der Waals surface area (Å²) in [6.45, 7) is 12.4. The monoisotopic (exact) mass is 282 g/mol. The number of aryl methyl sites for hydroxylation is 1. The average molecular weight is 282 g/mol. The largest absolute Gasteiger partial charge is 0.380 e. The van der Waals surface area contributed by atoms with E-state index in [0.29, 0.717) is 6.54 Å². The summed E-state index contributed by atoms with van der Waals surface area (Å²) in [5.74, 6) is -0.248. The summed E-state index contributed by atoms with van der Waals surface area (Å²) < 4.78 is 13.3. The van der Waals surface area contributed by atoms with Gasteiger partial charge in [-0.25, -0.2) is 4.39 Å². The number of halogens is 1. The Kier molecular flexibility index (Phi) is 4.53. The molecule has 1 heterocycles. The van der Waals surface area contributed by atoms with Crippen molar-refractivity contribution in [3.63, 3.8) is 0 Å². The van der Waals surface area contributed by atoms with Crippen molar-refractivity contribution < 1.29 is 4.39 Å². The zero-order chi connectivity index (χ0) is 15.4. The van der Waals surface area contributed by atoms with Crippen molar-refractivity contribution in [2.45, 2.75) is 13.8 Å². The SMILES string of the molecule is C=C(C)CNC(=C)c1ncc(-c2cccc(F)c2)cc1C. The Hall–Kier alpha value is -2.42. The van der Waals surface area contributed by atoms with Crippen molar-refractivity contribution in [3.05, 3.63) is 72.3 Å². The Morgan fingerprint density at radius 3 is 2.62 bits per heavy atom. The van der Waals surface area contributed by atoms with Crippen molar-refractivity contribution in [1.82, 2.24) is 10.3 Å². The van der Waals surface area contributed by atoms with Gasteiger partial charge < -0.3 is 5.32 Å². The van der Waals surface area contributed by atoms with Crippen molar-refractivity contribution in [1.29, 1.82) is 0 Å². The Bertz CT molecular complexity index is 689. The molecule has 0 saturated heterocycles. The molecular formula is C18H19FN2. The maximum atomic E-state index is 13.3. The summed E-state index contributed by atoms with van der Waals surface area (Å²) in [4.78, 5) is 4.45. The summed E-state index contributed by atoms with van der Waals surface area (Å²) >= 11 is 0. The first-order valence-corrected chi connectivity index (χ1v) is 6.77. The second-order valence-electron chi connectivity index (χ2n) is 5.19. The minimum atomic E-state index is -0.248. The highest BCUT2D eigenvalue weighted by molar-refractivity contribution is 5.68. The molecule has 0 aliphatic carbocycles. The lowest BCUT2D eigenvalue weighted by Gasteiger charge is -2.12. The molecule has 2 aromatic rings. The number of nitrogens with zero attached hydrogens (tertiary/aromatic N) is 1. The molecule has 21 heavy (non-hydrogen) atoms. The van der Waals surface area contributed by atoms with Crippen LogP contribution in [0.5, 0.6) is 0 Å². The Morgan fingerprint density at radius 1 is 1.24 bits per heavy atom. The highest BCUT2D eigenvalue weighted by atomic mass is 19.1. The summed E-state index contributed by atoms with van der Waals surface area (Å²) in [7, 11) is 0. The van der Waals surface area contributed by atoms with Crippen LogP contribution in [-0.2, 0) is 0 Å². The van der Waals surface area contributed by atoms with Crippen molar-refractivity contribution >= 4 is 5.70 Å². The lowest BCUT2D eigenvalue weighted by Crippen LogP contribution is -2.15. The number of nitrogens with one attached hydrogen (secondary N) is 1. The first-order chi connectivity index (χ1) is 9.97. The number of benzene rings is 1. The highest BCUT2D eigenvalue weighted by Gasteiger charge is 2.07. The summed E-state index contributed by atoms with van der Waals surface area (Å²) in [6.07, 6.45) is 1.74. The molecule has 0 fully saturated rings. The third kappa shape index (κ3) is 3.78. The number of hydrogen-bond acceptors (Lipinski definition) is 2. The van der Waals surface area contributed by atoms with E-state index in [9.17, 15) is 4.39 Å². The van der Waals surface area contributed by atoms with E-state index in [1.165, 1.54) is 12.1 Å². The van der Waals surface area contributed by atoms with Crippen LogP contribution in [0.25, 0.3) is 16.8 Å². The van der Waals surface area contributed by atoms with E-state index >= 15 is 0 Å². The van der Waals surface area contributed by atoms with Crippen molar-refractivity contribution in [2.24, 2.45) is 0 Å². The fourth-order valence-electron chi connectivity index (χ4n) is 2.06. The molecule has 0 aliphatic heterocycles. The molecule has 2 rings (SSSR count). The van der Waals surface area contributed by atoms with Crippen LogP contribution in [0.4, 0.5) is 4.39 Å². The molecule has 0 bridgehead atoms. The van der Waals surface area contributed by atoms with Gasteiger partial charge in [0, 0.05) is 18.3 Å². The van der Waals surface area contributed by atoms with Gasteiger partial charge in [0.1, 0.15) is 5.82 Å². The quantitative estimate of drug-likeness (QED) is 0.825. The van der Waals surface area contributed by atoms with E-state index in [1.54, 1.807) is 12.3 Å². The van der Waals surface area contributed by atoms with Gasteiger partial charge in [0.05, 0.1) is 11.4 Å². The predicted octanol–water partition coefficient (Wildman–Crippen LogP) is 4.33. The molecule has 1 N–H and O–H groups in total. The summed E-state index contributed by atoms with van der Waals surface area (Å²) in [5, 5.41) is 3.19. The second-order valence-corrected chi connectivity index (χ2v) is 5.19. The third-order valence-corrected chi connectivity index (χ3v) is 3.13. The second kappa shape index (κ2) is 6.35. The van der Waals surface area contributed by atoms with Crippen LogP contribution in [0.15, 0.2) is 55.3 Å². The standard InChI is InChI=1S/C18H19FN2/c1-12(2)10-20-14(4)18-13(3)8-16(11-21-18)15-6-5-7-17(19)9-15/h5-9,11,20H,1,4,10H2,2-3H3. The topological polar surface area (TPSA) is 24.9 Å². The minimum absolute atomic E-state index is 0.248. The fourth-order valence-corrected chi connectivity index (χ4v) is 2.06. The molecule has 0 spiro atoms. The zero-order valence-electron chi connectivity index (χ0n) is 12.4. The molecule has 0 atom stereocenters. The number of pyridine rings is 1. The van der Waals surface area contributed by atoms with Gasteiger partial charge in [0.15, 0.2) is 0 Å². The number of hydrogen-bond donors (Lipinski definition) is 1. The van der Waals surface area contributed by atoms with Crippen LogP contribution in [-0.4, -0.2) is 11.5 Å². The fraction of sp³-hybridized carbons (Fsp3) is 0.167. The third-order valence-electron chi connectivity index (χ3n) is 3.13. The summed E-state index contributed by atoms with van der Waals surface area (Å²) in [6, 6.07) is 8.49. The molecule has 0 radical (unpaired) electrons. The van der Waals surface area contributed by atoms with Crippen LogP contribution in [0.3, 0.4) is 0 Å². The first kappa shape index (κ1) is 15.0. The molecule has 0 unspecified atom stereocenters. The van der Waals surface area contributed by atoms with E-state index in [1.807, 2.05) is 26.0 Å². The lowest BCUT2D eigenvalue weighted by molar-refractivity contribution is 0.628. The minimum Gasteiger partial charge on any atom is -0.380 e. The van der Waals surface area contributed by atoms with Crippen LogP contribution in [0.2, 0.25) is 0 Å². The Balaban J connectivity index is 2.25. The maximum Gasteiger partial charge on any atom is 0.123 e. The van der Waals surface area contributed by atoms with Gasteiger partial charge >= 0.3 is 0 Å². The Morgan fingerprint density at radius 2 is 2.00 bits per heavy atom. The van der Waals surface area contributed by atoms with E-state index in [-0.39, 0.29) is 5.82 Å². The maximum absolute atomic E-state index is 13.3. The molecule has 0 saturated carbocycles. The predicted molar refractivity (Wildman–Crippen MR) is 86.2 cm³/mol. The van der Waals surface area contributed by atoms with Gasteiger partial charge in [-0.3, -0.25) is 4.98 Å². The highest BCUT2D eigenvalue weighted by Crippen LogP contribution is 2.23. The van der Waals surface area contributed by atoms with Gasteiger partial charge in [-0.1, -0.05) is 30.9 Å². The molecule has 3 heteroatoms. The number of aromatic nitrogens is 1. The summed E-state index contributed by atoms with van der Waals surface area (Å²) in [5.41, 5.74) is 5.32. The van der Waals surface area contributed by atoms with Crippen LogP contribution in [0, 0.1) is 12.7 Å². The van der Waals surface area contributed by atoms with Crippen molar-refractivity contribution in [2.75, 3.05) is 6.54 Å². The van der Waals surface area contributed by atoms with Crippen LogP contribution in [0.1, 0.15) is 18.2 Å². The van der Waals surface area contributed by atoms with E-state index in [2.05, 4.69) is 23.5 Å². The number of rotatable bonds is 5. The first-order valence-electron chi connectivity index (χ1n) is 6.77. The molecule has 1 aromatic carbocycles. The van der Waals surface area contributed by atoms with Crippen LogP contribution >= 0.6 is 0 Å². The smallest absolute Gasteiger partial charge is 0.123 e. The molecule has 2 nitrogen and oxygen atoms in total. The zero-order valence-corrected chi connectivity index (χ0v) is 12.4. The van der Waals surface area contributed by atoms with E-state index in [4.69, 9.17) is 0 Å². The van der Waals surface area contributed by atoms with Gasteiger partial charge in [-0.2, -0.15) is 0 Å². The molecule has 0 amide bonds. The molecular weight excluding hydrogens is 263 g/mol. The molecule has 108 valence electrons. The normalized spacial score (nSPS) is 10.2. The van der Waals surface area contributed by atoms with Gasteiger partial charge in [0.2, 0.25) is 0 Å².